The minimum atomic E-state index is -0.0314. The number of nitrogens with two attached hydrogens (primary N) is 1. The Labute approximate surface area is 125 Å². The average molecular weight is 305 g/mol. The third kappa shape index (κ3) is 2.81. The molecule has 6 heteroatoms. The van der Waals surface area contributed by atoms with Gasteiger partial charge in [-0.1, -0.05) is 23.7 Å². The largest absolute Gasteiger partial charge is 0.271 e. The summed E-state index contributed by atoms with van der Waals surface area (Å²) in [4.78, 5) is 8.60. The van der Waals surface area contributed by atoms with Gasteiger partial charge in [-0.3, -0.25) is 11.3 Å². The Morgan fingerprint density at radius 2 is 2.15 bits per heavy atom. The van der Waals surface area contributed by atoms with E-state index in [-0.39, 0.29) is 6.04 Å². The van der Waals surface area contributed by atoms with Gasteiger partial charge in [-0.05, 0) is 29.8 Å². The van der Waals surface area contributed by atoms with Crippen molar-refractivity contribution in [1.29, 1.82) is 0 Å². The summed E-state index contributed by atoms with van der Waals surface area (Å²) in [7, 11) is 0. The van der Waals surface area contributed by atoms with Crippen LogP contribution in [-0.2, 0) is 6.42 Å². The number of rotatable bonds is 4. The second-order valence-electron chi connectivity index (χ2n) is 4.41. The van der Waals surface area contributed by atoms with E-state index in [0.29, 0.717) is 5.15 Å². The molecule has 0 bridgehead atoms. The van der Waals surface area contributed by atoms with Crippen molar-refractivity contribution in [2.24, 2.45) is 5.84 Å². The highest BCUT2D eigenvalue weighted by Gasteiger charge is 2.14. The highest BCUT2D eigenvalue weighted by molar-refractivity contribution is 7.18. The van der Waals surface area contributed by atoms with Gasteiger partial charge in [0.15, 0.2) is 0 Å². The van der Waals surface area contributed by atoms with Gasteiger partial charge in [0.2, 0.25) is 0 Å². The first kappa shape index (κ1) is 13.5. The Morgan fingerprint density at radius 3 is 2.90 bits per heavy atom. The van der Waals surface area contributed by atoms with Crippen molar-refractivity contribution in [1.82, 2.24) is 15.4 Å². The van der Waals surface area contributed by atoms with E-state index in [1.54, 1.807) is 17.5 Å². The van der Waals surface area contributed by atoms with Crippen LogP contribution in [-0.4, -0.2) is 9.97 Å². The monoisotopic (exact) mass is 304 g/mol. The van der Waals surface area contributed by atoms with Crippen LogP contribution in [0, 0.1) is 0 Å². The lowest BCUT2D eigenvalue weighted by Gasteiger charge is -2.14. The first-order valence-corrected chi connectivity index (χ1v) is 7.38. The molecule has 1 atom stereocenters. The standard InChI is InChI=1S/C14H13ClN4S/c15-13-7-9(5-6-17-13)11(19-16)8-14-18-10-3-1-2-4-12(10)20-14/h1-7,11,19H,8,16H2. The quantitative estimate of drug-likeness (QED) is 0.442. The Hall–Kier alpha value is -1.53. The first-order chi connectivity index (χ1) is 9.76. The first-order valence-electron chi connectivity index (χ1n) is 6.18. The molecule has 3 aromatic rings. The van der Waals surface area contributed by atoms with Crippen LogP contribution in [0.15, 0.2) is 42.6 Å². The molecule has 2 heterocycles. The van der Waals surface area contributed by atoms with Crippen molar-refractivity contribution in [2.45, 2.75) is 12.5 Å². The average Bonchev–Trinajstić information content (AvgIpc) is 2.87. The van der Waals surface area contributed by atoms with E-state index < -0.39 is 0 Å². The highest BCUT2D eigenvalue weighted by Crippen LogP contribution is 2.26. The molecule has 0 amide bonds. The van der Waals surface area contributed by atoms with Crippen molar-refractivity contribution < 1.29 is 0 Å². The van der Waals surface area contributed by atoms with Crippen LogP contribution < -0.4 is 11.3 Å². The fourth-order valence-electron chi connectivity index (χ4n) is 2.09. The fourth-order valence-corrected chi connectivity index (χ4v) is 3.28. The zero-order valence-corrected chi connectivity index (χ0v) is 12.2. The van der Waals surface area contributed by atoms with Crippen LogP contribution >= 0.6 is 22.9 Å². The molecule has 0 saturated carbocycles. The zero-order chi connectivity index (χ0) is 13.9. The number of hydrazine groups is 1. The van der Waals surface area contributed by atoms with E-state index in [1.807, 2.05) is 30.3 Å². The van der Waals surface area contributed by atoms with Crippen molar-refractivity contribution in [3.8, 4) is 0 Å². The molecule has 0 aliphatic rings. The lowest BCUT2D eigenvalue weighted by Crippen LogP contribution is -2.29. The Kier molecular flexibility index (Phi) is 3.93. The lowest BCUT2D eigenvalue weighted by atomic mass is 10.1. The van der Waals surface area contributed by atoms with E-state index >= 15 is 0 Å². The van der Waals surface area contributed by atoms with Gasteiger partial charge in [-0.25, -0.2) is 9.97 Å². The normalized spacial score (nSPS) is 12.7. The molecule has 1 aromatic carbocycles. The molecule has 3 rings (SSSR count). The topological polar surface area (TPSA) is 63.8 Å². The van der Waals surface area contributed by atoms with E-state index in [0.717, 1.165) is 22.5 Å². The minimum absolute atomic E-state index is 0.0314. The van der Waals surface area contributed by atoms with Crippen LogP contribution in [0.4, 0.5) is 0 Å². The molecule has 0 aliphatic carbocycles. The second kappa shape index (κ2) is 5.85. The SMILES string of the molecule is NNC(Cc1nc2ccccc2s1)c1ccnc(Cl)c1. The van der Waals surface area contributed by atoms with E-state index in [2.05, 4.69) is 21.5 Å². The van der Waals surface area contributed by atoms with Crippen LogP contribution in [0.5, 0.6) is 0 Å². The molecule has 0 fully saturated rings. The Bertz CT molecular complexity index is 695. The number of thiazole rings is 1. The van der Waals surface area contributed by atoms with E-state index in [1.165, 1.54) is 4.70 Å². The molecule has 0 radical (unpaired) electrons. The fraction of sp³-hybridized carbons (Fsp3) is 0.143. The molecule has 0 saturated heterocycles. The van der Waals surface area contributed by atoms with Crippen LogP contribution in [0.2, 0.25) is 5.15 Å². The number of benzene rings is 1. The number of halogens is 1. The molecule has 0 spiro atoms. The zero-order valence-electron chi connectivity index (χ0n) is 10.6. The predicted octanol–water partition coefficient (Wildman–Crippen LogP) is 3.09. The second-order valence-corrected chi connectivity index (χ2v) is 5.91. The lowest BCUT2D eigenvalue weighted by molar-refractivity contribution is 0.550. The van der Waals surface area contributed by atoms with Gasteiger partial charge in [0.25, 0.3) is 0 Å². The third-order valence-electron chi connectivity index (χ3n) is 3.07. The van der Waals surface area contributed by atoms with Crippen LogP contribution in [0.1, 0.15) is 16.6 Å². The molecule has 0 aliphatic heterocycles. The van der Waals surface area contributed by atoms with E-state index in [9.17, 15) is 0 Å². The summed E-state index contributed by atoms with van der Waals surface area (Å²) in [6, 6.07) is 11.8. The van der Waals surface area contributed by atoms with E-state index in [4.69, 9.17) is 17.4 Å². The molecule has 1 unspecified atom stereocenters. The van der Waals surface area contributed by atoms with Gasteiger partial charge >= 0.3 is 0 Å². The van der Waals surface area contributed by atoms with Gasteiger partial charge in [-0.15, -0.1) is 11.3 Å². The van der Waals surface area contributed by atoms with Crippen LogP contribution in [0.25, 0.3) is 10.2 Å². The number of para-hydroxylation sites is 1. The molecular weight excluding hydrogens is 292 g/mol. The van der Waals surface area contributed by atoms with Gasteiger partial charge < -0.3 is 0 Å². The van der Waals surface area contributed by atoms with Crippen molar-refractivity contribution in [2.75, 3.05) is 0 Å². The summed E-state index contributed by atoms with van der Waals surface area (Å²) < 4.78 is 1.19. The molecule has 2 aromatic heterocycles. The summed E-state index contributed by atoms with van der Waals surface area (Å²) in [6.07, 6.45) is 2.40. The maximum atomic E-state index is 5.92. The van der Waals surface area contributed by atoms with Crippen molar-refractivity contribution in [3.63, 3.8) is 0 Å². The molecule has 102 valence electrons. The summed E-state index contributed by atoms with van der Waals surface area (Å²) in [6.45, 7) is 0. The summed E-state index contributed by atoms with van der Waals surface area (Å²) in [5.74, 6) is 5.66. The highest BCUT2D eigenvalue weighted by atomic mass is 35.5. The molecule has 20 heavy (non-hydrogen) atoms. The number of aromatic nitrogens is 2. The number of hydrogen-bond donors (Lipinski definition) is 2. The van der Waals surface area contributed by atoms with Gasteiger partial charge in [0.05, 0.1) is 21.3 Å². The van der Waals surface area contributed by atoms with Crippen molar-refractivity contribution >= 4 is 33.2 Å². The number of hydrogen-bond acceptors (Lipinski definition) is 5. The number of fused-ring (bicyclic) bond motifs is 1. The third-order valence-corrected chi connectivity index (χ3v) is 4.34. The van der Waals surface area contributed by atoms with Gasteiger partial charge in [0.1, 0.15) is 5.15 Å². The number of nitrogens with one attached hydrogen (secondary N) is 1. The summed E-state index contributed by atoms with van der Waals surface area (Å²) in [5.41, 5.74) is 4.85. The van der Waals surface area contributed by atoms with Gasteiger partial charge in [-0.2, -0.15) is 0 Å². The Balaban J connectivity index is 1.87. The maximum absolute atomic E-state index is 5.92. The summed E-state index contributed by atoms with van der Waals surface area (Å²) in [5, 5.41) is 1.51. The van der Waals surface area contributed by atoms with Gasteiger partial charge in [0, 0.05) is 12.6 Å². The molecule has 4 nitrogen and oxygen atoms in total. The molecule has 3 N–H and O–H groups in total. The Morgan fingerprint density at radius 1 is 1.30 bits per heavy atom. The number of pyridine rings is 1. The summed E-state index contributed by atoms with van der Waals surface area (Å²) >= 11 is 7.60. The smallest absolute Gasteiger partial charge is 0.129 e. The maximum Gasteiger partial charge on any atom is 0.129 e. The predicted molar refractivity (Wildman–Crippen MR) is 82.6 cm³/mol. The van der Waals surface area contributed by atoms with Crippen molar-refractivity contribution in [3.05, 3.63) is 58.3 Å². The van der Waals surface area contributed by atoms with Crippen LogP contribution in [0.3, 0.4) is 0 Å². The number of nitrogens with zero attached hydrogens (tertiary/aromatic N) is 2. The minimum Gasteiger partial charge on any atom is -0.271 e. The molecular formula is C14H13ClN4S.